The fourth-order valence-electron chi connectivity index (χ4n) is 3.61. The van der Waals surface area contributed by atoms with Crippen molar-refractivity contribution in [1.82, 2.24) is 10.2 Å². The first-order valence-electron chi connectivity index (χ1n) is 9.31. The van der Waals surface area contributed by atoms with E-state index in [-0.39, 0.29) is 29.5 Å². The van der Waals surface area contributed by atoms with E-state index in [0.717, 1.165) is 50.2 Å². The van der Waals surface area contributed by atoms with Gasteiger partial charge in [0.1, 0.15) is 0 Å². The summed E-state index contributed by atoms with van der Waals surface area (Å²) in [5, 5.41) is 6.89. The second kappa shape index (κ2) is 11.3. The number of nitrogens with one attached hydrogen (secondary N) is 2. The Morgan fingerprint density at radius 2 is 2.00 bits per heavy atom. The normalized spacial score (nSPS) is 23.0. The second-order valence-corrected chi connectivity index (χ2v) is 7.85. The maximum Gasteiger partial charge on any atom is 0.195 e. The maximum atomic E-state index is 5.54. The first-order valence-corrected chi connectivity index (χ1v) is 10.5. The Kier molecular flexibility index (Phi) is 9.45. The number of benzene rings is 1. The SMILES string of the molecule is CN=C(NCC1(N2CCOCC2)CCSC1)Nc1ccc(OC)c(OC)c1.I. The number of aliphatic imine (C=N–C) groups is 1. The first kappa shape index (κ1) is 23.4. The number of morpholine rings is 1. The number of guanidine groups is 1. The Morgan fingerprint density at radius 1 is 1.25 bits per heavy atom. The van der Waals surface area contributed by atoms with Gasteiger partial charge in [-0.05, 0) is 24.3 Å². The van der Waals surface area contributed by atoms with Crippen molar-refractivity contribution in [2.45, 2.75) is 12.0 Å². The molecule has 1 aromatic rings. The average Bonchev–Trinajstić information content (AvgIpc) is 3.21. The van der Waals surface area contributed by atoms with Crippen LogP contribution in [0.3, 0.4) is 0 Å². The predicted molar refractivity (Wildman–Crippen MR) is 127 cm³/mol. The molecule has 28 heavy (non-hydrogen) atoms. The highest BCUT2D eigenvalue weighted by atomic mass is 127. The highest BCUT2D eigenvalue weighted by Crippen LogP contribution is 2.34. The van der Waals surface area contributed by atoms with E-state index in [1.807, 2.05) is 30.0 Å². The zero-order chi connectivity index (χ0) is 19.1. The Bertz CT molecular complexity index is 650. The summed E-state index contributed by atoms with van der Waals surface area (Å²) in [6.45, 7) is 4.52. The van der Waals surface area contributed by atoms with E-state index in [0.29, 0.717) is 11.5 Å². The quantitative estimate of drug-likeness (QED) is 0.338. The summed E-state index contributed by atoms with van der Waals surface area (Å²) >= 11 is 2.03. The van der Waals surface area contributed by atoms with Gasteiger partial charge in [-0.1, -0.05) is 0 Å². The summed E-state index contributed by atoms with van der Waals surface area (Å²) in [6.07, 6.45) is 1.19. The Balaban J connectivity index is 0.00000280. The standard InChI is InChI=1S/C19H30N4O3S.HI/c1-20-18(22-15-4-5-16(24-2)17(12-15)25-3)21-13-19(6-11-27-14-19)23-7-9-26-10-8-23;/h4-5,12H,6-11,13-14H2,1-3H3,(H2,20,21,22);1H. The lowest BCUT2D eigenvalue weighted by Crippen LogP contribution is -2.59. The van der Waals surface area contributed by atoms with Crippen molar-refractivity contribution in [2.24, 2.45) is 4.99 Å². The Labute approximate surface area is 189 Å². The molecule has 9 heteroatoms. The van der Waals surface area contributed by atoms with Crippen molar-refractivity contribution < 1.29 is 14.2 Å². The highest BCUT2D eigenvalue weighted by molar-refractivity contribution is 14.0. The van der Waals surface area contributed by atoms with Gasteiger partial charge in [0.2, 0.25) is 0 Å². The first-order chi connectivity index (χ1) is 13.2. The van der Waals surface area contributed by atoms with Gasteiger partial charge in [-0.15, -0.1) is 24.0 Å². The van der Waals surface area contributed by atoms with Crippen LogP contribution in [0, 0.1) is 0 Å². The molecule has 0 aliphatic carbocycles. The molecule has 0 radical (unpaired) electrons. The van der Waals surface area contributed by atoms with E-state index in [9.17, 15) is 0 Å². The molecular formula is C19H31IN4O3S. The maximum absolute atomic E-state index is 5.54. The number of anilines is 1. The van der Waals surface area contributed by atoms with Crippen LogP contribution in [0.4, 0.5) is 5.69 Å². The van der Waals surface area contributed by atoms with Crippen molar-refractivity contribution in [2.75, 3.05) is 70.9 Å². The van der Waals surface area contributed by atoms with Crippen molar-refractivity contribution in [3.05, 3.63) is 18.2 Å². The summed E-state index contributed by atoms with van der Waals surface area (Å²) in [5.41, 5.74) is 1.07. The Hall–Kier alpha value is -0.910. The summed E-state index contributed by atoms with van der Waals surface area (Å²) in [5.74, 6) is 4.51. The number of ether oxygens (including phenoxy) is 3. The third kappa shape index (κ3) is 5.58. The van der Waals surface area contributed by atoms with Crippen LogP contribution in [-0.4, -0.2) is 82.0 Å². The molecule has 2 N–H and O–H groups in total. The molecule has 0 spiro atoms. The minimum atomic E-state index is 0. The molecule has 3 rings (SSSR count). The molecule has 2 fully saturated rings. The van der Waals surface area contributed by atoms with Gasteiger partial charge in [-0.25, -0.2) is 0 Å². The summed E-state index contributed by atoms with van der Waals surface area (Å²) in [6, 6.07) is 5.75. The van der Waals surface area contributed by atoms with Gasteiger partial charge in [0.05, 0.1) is 27.4 Å². The molecule has 158 valence electrons. The lowest BCUT2D eigenvalue weighted by molar-refractivity contribution is -0.0119. The predicted octanol–water partition coefficient (Wildman–Crippen LogP) is 2.52. The van der Waals surface area contributed by atoms with E-state index in [1.54, 1.807) is 21.3 Å². The third-order valence-electron chi connectivity index (χ3n) is 5.22. The molecule has 7 nitrogen and oxygen atoms in total. The van der Waals surface area contributed by atoms with Gasteiger partial charge >= 0.3 is 0 Å². The van der Waals surface area contributed by atoms with Crippen LogP contribution in [0.1, 0.15) is 6.42 Å². The van der Waals surface area contributed by atoms with E-state index in [4.69, 9.17) is 14.2 Å². The van der Waals surface area contributed by atoms with Crippen molar-refractivity contribution in [3.8, 4) is 11.5 Å². The van der Waals surface area contributed by atoms with Crippen LogP contribution in [-0.2, 0) is 4.74 Å². The van der Waals surface area contributed by atoms with Crippen LogP contribution >= 0.6 is 35.7 Å². The molecule has 2 saturated heterocycles. The summed E-state index contributed by atoms with van der Waals surface area (Å²) < 4.78 is 16.2. The molecule has 0 amide bonds. The molecular weight excluding hydrogens is 491 g/mol. The topological polar surface area (TPSA) is 67.4 Å². The van der Waals surface area contributed by atoms with Crippen LogP contribution < -0.4 is 20.1 Å². The molecule has 0 saturated carbocycles. The number of rotatable bonds is 6. The number of nitrogens with zero attached hydrogens (tertiary/aromatic N) is 2. The monoisotopic (exact) mass is 522 g/mol. The number of hydrogen-bond donors (Lipinski definition) is 2. The summed E-state index contributed by atoms with van der Waals surface area (Å²) in [7, 11) is 5.07. The summed E-state index contributed by atoms with van der Waals surface area (Å²) in [4.78, 5) is 6.98. The average molecular weight is 522 g/mol. The lowest BCUT2D eigenvalue weighted by Gasteiger charge is -2.43. The molecule has 1 atom stereocenters. The smallest absolute Gasteiger partial charge is 0.195 e. The minimum absolute atomic E-state index is 0. The number of halogens is 1. The van der Waals surface area contributed by atoms with Gasteiger partial charge in [-0.2, -0.15) is 11.8 Å². The van der Waals surface area contributed by atoms with E-state index in [2.05, 4.69) is 20.5 Å². The fourth-order valence-corrected chi connectivity index (χ4v) is 5.09. The van der Waals surface area contributed by atoms with Crippen LogP contribution in [0.15, 0.2) is 23.2 Å². The number of hydrogen-bond acceptors (Lipinski definition) is 6. The van der Waals surface area contributed by atoms with Crippen LogP contribution in [0.2, 0.25) is 0 Å². The fraction of sp³-hybridized carbons (Fsp3) is 0.632. The van der Waals surface area contributed by atoms with Crippen molar-refractivity contribution in [1.29, 1.82) is 0 Å². The zero-order valence-electron chi connectivity index (χ0n) is 16.8. The third-order valence-corrected chi connectivity index (χ3v) is 6.45. The van der Waals surface area contributed by atoms with Crippen molar-refractivity contribution >= 4 is 47.4 Å². The van der Waals surface area contributed by atoms with Crippen LogP contribution in [0.25, 0.3) is 0 Å². The Morgan fingerprint density at radius 3 is 2.61 bits per heavy atom. The molecule has 1 unspecified atom stereocenters. The van der Waals surface area contributed by atoms with Gasteiger partial charge in [0, 0.05) is 49.7 Å². The van der Waals surface area contributed by atoms with Crippen molar-refractivity contribution in [3.63, 3.8) is 0 Å². The number of methoxy groups -OCH3 is 2. The minimum Gasteiger partial charge on any atom is -0.493 e. The van der Waals surface area contributed by atoms with Crippen LogP contribution in [0.5, 0.6) is 11.5 Å². The molecule has 0 aromatic heterocycles. The second-order valence-electron chi connectivity index (χ2n) is 6.75. The largest absolute Gasteiger partial charge is 0.493 e. The van der Waals surface area contributed by atoms with E-state index < -0.39 is 0 Å². The number of thioether (sulfide) groups is 1. The molecule has 2 heterocycles. The van der Waals surface area contributed by atoms with Gasteiger partial charge in [-0.3, -0.25) is 9.89 Å². The zero-order valence-corrected chi connectivity index (χ0v) is 20.0. The van der Waals surface area contributed by atoms with E-state index in [1.165, 1.54) is 12.2 Å². The van der Waals surface area contributed by atoms with E-state index >= 15 is 0 Å². The van der Waals surface area contributed by atoms with Gasteiger partial charge < -0.3 is 24.8 Å². The molecule has 1 aromatic carbocycles. The lowest BCUT2D eigenvalue weighted by atomic mass is 9.95. The molecule has 2 aliphatic heterocycles. The van der Waals surface area contributed by atoms with Gasteiger partial charge in [0.15, 0.2) is 17.5 Å². The highest BCUT2D eigenvalue weighted by Gasteiger charge is 2.40. The van der Waals surface area contributed by atoms with Gasteiger partial charge in [0.25, 0.3) is 0 Å². The molecule has 2 aliphatic rings. The molecule has 0 bridgehead atoms.